The van der Waals surface area contributed by atoms with Crippen LogP contribution in [0.2, 0.25) is 0 Å². The molecule has 2 aromatic heterocycles. The maximum absolute atomic E-state index is 11.6. The summed E-state index contributed by atoms with van der Waals surface area (Å²) >= 11 is 2.82. The summed E-state index contributed by atoms with van der Waals surface area (Å²) in [6.45, 7) is 4.58. The third-order valence-corrected chi connectivity index (χ3v) is 4.46. The van der Waals surface area contributed by atoms with E-state index in [4.69, 9.17) is 0 Å². The summed E-state index contributed by atoms with van der Waals surface area (Å²) < 4.78 is 6.59. The van der Waals surface area contributed by atoms with Gasteiger partial charge >= 0.3 is 6.09 Å². The van der Waals surface area contributed by atoms with E-state index in [2.05, 4.69) is 20.3 Å². The number of ether oxygens (including phenoxy) is 1. The number of nitrogens with zero attached hydrogens (tertiary/aromatic N) is 3. The fourth-order valence-electron chi connectivity index (χ4n) is 1.72. The standard InChI is InChI=1S/C13H16N4O3S2/c1-3-17-11(9-6-5-7-21-9)15-16-12(17)22-8-10(18)14-13(19)20-4-2/h5-7H,3-4,8H2,1-2H3,(H,14,18,19). The third kappa shape index (κ3) is 4.08. The van der Waals surface area contributed by atoms with E-state index >= 15 is 0 Å². The highest BCUT2D eigenvalue weighted by atomic mass is 32.2. The second kappa shape index (κ2) is 7.95. The van der Waals surface area contributed by atoms with Crippen LogP contribution in [-0.2, 0) is 16.1 Å². The topological polar surface area (TPSA) is 86.1 Å². The van der Waals surface area contributed by atoms with E-state index in [-0.39, 0.29) is 12.4 Å². The normalized spacial score (nSPS) is 10.5. The molecule has 0 fully saturated rings. The van der Waals surface area contributed by atoms with Gasteiger partial charge in [-0.3, -0.25) is 10.1 Å². The summed E-state index contributed by atoms with van der Waals surface area (Å²) in [5.74, 6) is 0.430. The average molecular weight is 340 g/mol. The lowest BCUT2D eigenvalue weighted by Crippen LogP contribution is -2.32. The van der Waals surface area contributed by atoms with Gasteiger partial charge in [0.15, 0.2) is 11.0 Å². The van der Waals surface area contributed by atoms with Crippen molar-refractivity contribution in [2.45, 2.75) is 25.5 Å². The van der Waals surface area contributed by atoms with E-state index in [9.17, 15) is 9.59 Å². The van der Waals surface area contributed by atoms with Crippen molar-refractivity contribution in [2.75, 3.05) is 12.4 Å². The molecule has 0 bridgehead atoms. The summed E-state index contributed by atoms with van der Waals surface area (Å²) in [5, 5.41) is 13.1. The predicted molar refractivity (Wildman–Crippen MR) is 84.9 cm³/mol. The van der Waals surface area contributed by atoms with E-state index in [1.54, 1.807) is 18.3 Å². The van der Waals surface area contributed by atoms with Crippen LogP contribution in [-0.4, -0.2) is 39.1 Å². The SMILES string of the molecule is CCOC(=O)NC(=O)CSc1nnc(-c2cccs2)n1CC. The highest BCUT2D eigenvalue weighted by Crippen LogP contribution is 2.26. The van der Waals surface area contributed by atoms with Crippen LogP contribution >= 0.6 is 23.1 Å². The molecule has 0 saturated heterocycles. The molecule has 0 aromatic carbocycles. The number of nitrogens with one attached hydrogen (secondary N) is 1. The van der Waals surface area contributed by atoms with Crippen LogP contribution in [0, 0.1) is 0 Å². The van der Waals surface area contributed by atoms with Crippen molar-refractivity contribution in [3.8, 4) is 10.7 Å². The lowest BCUT2D eigenvalue weighted by molar-refractivity contribution is -0.117. The number of thioether (sulfide) groups is 1. The Morgan fingerprint density at radius 2 is 2.23 bits per heavy atom. The second-order valence-electron chi connectivity index (χ2n) is 4.09. The van der Waals surface area contributed by atoms with Crippen LogP contribution in [0.5, 0.6) is 0 Å². The maximum atomic E-state index is 11.6. The minimum atomic E-state index is -0.732. The summed E-state index contributed by atoms with van der Waals surface area (Å²) in [4.78, 5) is 23.8. The molecule has 0 aliphatic carbocycles. The van der Waals surface area contributed by atoms with Crippen molar-refractivity contribution >= 4 is 35.1 Å². The van der Waals surface area contributed by atoms with Gasteiger partial charge in [-0.15, -0.1) is 21.5 Å². The van der Waals surface area contributed by atoms with Crippen LogP contribution in [0.4, 0.5) is 4.79 Å². The van der Waals surface area contributed by atoms with Crippen LogP contribution in [0.15, 0.2) is 22.7 Å². The summed E-state index contributed by atoms with van der Waals surface area (Å²) in [5.41, 5.74) is 0. The minimum absolute atomic E-state index is 0.0708. The molecule has 22 heavy (non-hydrogen) atoms. The van der Waals surface area contributed by atoms with E-state index in [0.29, 0.717) is 11.7 Å². The van der Waals surface area contributed by atoms with Crippen molar-refractivity contribution in [3.05, 3.63) is 17.5 Å². The number of aromatic nitrogens is 3. The molecule has 9 heteroatoms. The van der Waals surface area contributed by atoms with Gasteiger partial charge in [0.05, 0.1) is 17.2 Å². The van der Waals surface area contributed by atoms with Gasteiger partial charge in [0, 0.05) is 6.54 Å². The Morgan fingerprint density at radius 3 is 2.86 bits per heavy atom. The molecule has 0 aliphatic heterocycles. The van der Waals surface area contributed by atoms with Crippen LogP contribution < -0.4 is 5.32 Å². The molecule has 0 atom stereocenters. The van der Waals surface area contributed by atoms with Crippen LogP contribution in [0.25, 0.3) is 10.7 Å². The van der Waals surface area contributed by atoms with E-state index < -0.39 is 12.0 Å². The van der Waals surface area contributed by atoms with E-state index in [1.807, 2.05) is 29.0 Å². The quantitative estimate of drug-likeness (QED) is 0.813. The largest absolute Gasteiger partial charge is 0.450 e. The monoisotopic (exact) mass is 340 g/mol. The Bertz CT molecular complexity index is 640. The van der Waals surface area contributed by atoms with Crippen molar-refractivity contribution in [1.82, 2.24) is 20.1 Å². The van der Waals surface area contributed by atoms with Crippen molar-refractivity contribution < 1.29 is 14.3 Å². The molecule has 7 nitrogen and oxygen atoms in total. The number of thiophene rings is 1. The molecule has 0 saturated carbocycles. The third-order valence-electron chi connectivity index (χ3n) is 2.62. The molecule has 118 valence electrons. The number of carbonyl (C=O) groups is 2. The number of carbonyl (C=O) groups excluding carboxylic acids is 2. The van der Waals surface area contributed by atoms with Gasteiger partial charge in [-0.05, 0) is 25.3 Å². The number of hydrogen-bond donors (Lipinski definition) is 1. The first-order chi connectivity index (χ1) is 10.7. The molecular weight excluding hydrogens is 324 g/mol. The van der Waals surface area contributed by atoms with Crippen molar-refractivity contribution in [2.24, 2.45) is 0 Å². The first kappa shape index (κ1) is 16.5. The zero-order chi connectivity index (χ0) is 15.9. The summed E-state index contributed by atoms with van der Waals surface area (Å²) in [6.07, 6.45) is -0.732. The molecule has 0 unspecified atom stereocenters. The first-order valence-corrected chi connectivity index (χ1v) is 8.58. The smallest absolute Gasteiger partial charge is 0.413 e. The Kier molecular flexibility index (Phi) is 5.96. The fourth-order valence-corrected chi connectivity index (χ4v) is 3.24. The lowest BCUT2D eigenvalue weighted by Gasteiger charge is -2.06. The van der Waals surface area contributed by atoms with Gasteiger partial charge in [0.2, 0.25) is 5.91 Å². The zero-order valence-electron chi connectivity index (χ0n) is 12.2. The maximum Gasteiger partial charge on any atom is 0.413 e. The molecule has 2 aromatic rings. The van der Waals surface area contributed by atoms with Gasteiger partial charge in [0.1, 0.15) is 0 Å². The second-order valence-corrected chi connectivity index (χ2v) is 5.98. The number of alkyl carbamates (subject to hydrolysis) is 1. The average Bonchev–Trinajstić information content (AvgIpc) is 3.13. The minimum Gasteiger partial charge on any atom is -0.450 e. The Morgan fingerprint density at radius 1 is 1.41 bits per heavy atom. The number of amides is 2. The van der Waals surface area contributed by atoms with Gasteiger partial charge in [-0.2, -0.15) is 0 Å². The summed E-state index contributed by atoms with van der Waals surface area (Å²) in [7, 11) is 0. The van der Waals surface area contributed by atoms with Gasteiger partial charge in [-0.1, -0.05) is 17.8 Å². The van der Waals surface area contributed by atoms with Crippen LogP contribution in [0.3, 0.4) is 0 Å². The summed E-state index contributed by atoms with van der Waals surface area (Å²) in [6, 6.07) is 3.93. The van der Waals surface area contributed by atoms with E-state index in [1.165, 1.54) is 11.8 Å². The van der Waals surface area contributed by atoms with Crippen LogP contribution in [0.1, 0.15) is 13.8 Å². The van der Waals surface area contributed by atoms with Gasteiger partial charge in [0.25, 0.3) is 0 Å². The Labute approximate surface area is 136 Å². The fraction of sp³-hybridized carbons (Fsp3) is 0.385. The molecule has 0 aliphatic rings. The first-order valence-electron chi connectivity index (χ1n) is 6.72. The molecule has 0 radical (unpaired) electrons. The predicted octanol–water partition coefficient (Wildman–Crippen LogP) is 2.39. The molecule has 2 heterocycles. The zero-order valence-corrected chi connectivity index (χ0v) is 13.9. The molecule has 2 rings (SSSR count). The number of imide groups is 1. The molecule has 2 amide bonds. The molecule has 1 N–H and O–H groups in total. The van der Waals surface area contributed by atoms with Crippen molar-refractivity contribution in [1.29, 1.82) is 0 Å². The molecule has 0 spiro atoms. The molecular formula is C13H16N4O3S2. The van der Waals surface area contributed by atoms with Crippen molar-refractivity contribution in [3.63, 3.8) is 0 Å². The highest BCUT2D eigenvalue weighted by Gasteiger charge is 2.16. The number of rotatable bonds is 6. The van der Waals surface area contributed by atoms with Gasteiger partial charge in [-0.25, -0.2) is 4.79 Å². The van der Waals surface area contributed by atoms with Gasteiger partial charge < -0.3 is 9.30 Å². The van der Waals surface area contributed by atoms with E-state index in [0.717, 1.165) is 10.7 Å². The number of hydrogen-bond acceptors (Lipinski definition) is 7. The Balaban J connectivity index is 1.99. The highest BCUT2D eigenvalue weighted by molar-refractivity contribution is 7.99. The Hall–Kier alpha value is -1.87. The lowest BCUT2D eigenvalue weighted by atomic mass is 10.4.